The minimum absolute atomic E-state index is 0.0841. The monoisotopic (exact) mass is 565 g/mol. The minimum Gasteiger partial charge on any atom is -0.272 e. The van der Waals surface area contributed by atoms with E-state index in [4.69, 9.17) is 0 Å². The van der Waals surface area contributed by atoms with Crippen molar-refractivity contribution in [3.63, 3.8) is 0 Å². The minimum atomic E-state index is -0.281. The third-order valence-electron chi connectivity index (χ3n) is 8.85. The fraction of sp³-hybridized carbons (Fsp3) is 0.625. The second-order valence-electron chi connectivity index (χ2n) is 11.7. The first kappa shape index (κ1) is 30.6. The van der Waals surface area contributed by atoms with Crippen LogP contribution in [0.2, 0.25) is 0 Å². The smallest absolute Gasteiger partial charge is 0.253 e. The van der Waals surface area contributed by atoms with Gasteiger partial charge in [-0.25, -0.2) is 0 Å². The molecule has 222 valence electrons. The maximum Gasteiger partial charge on any atom is 0.253 e. The van der Waals surface area contributed by atoms with E-state index in [0.717, 1.165) is 83.5 Å². The molecule has 0 aromatic heterocycles. The standard InChI is InChI=1S/C32H43N3O6/c36-27-18-19-28(37)33(27)24-12-7-3-1-2-4-8-14-25(34-29(38)20-21-30(34)39)16-11-17-26(15-10-6-5-9-13-24)35-31(40)22-23-32(35)41/h18-26H,1-17H2. The average molecular weight is 566 g/mol. The van der Waals surface area contributed by atoms with Gasteiger partial charge in [0.1, 0.15) is 0 Å². The van der Waals surface area contributed by atoms with Crippen LogP contribution in [0.15, 0.2) is 36.5 Å². The van der Waals surface area contributed by atoms with E-state index in [2.05, 4.69) is 0 Å². The van der Waals surface area contributed by atoms with Crippen LogP contribution in [0.1, 0.15) is 109 Å². The molecule has 0 radical (unpaired) electrons. The Kier molecular flexibility index (Phi) is 11.2. The lowest BCUT2D eigenvalue weighted by molar-refractivity contribution is -0.141. The summed E-state index contributed by atoms with van der Waals surface area (Å²) in [7, 11) is 0. The van der Waals surface area contributed by atoms with Crippen LogP contribution >= 0.6 is 0 Å². The maximum atomic E-state index is 12.5. The summed E-state index contributed by atoms with van der Waals surface area (Å²) in [4.78, 5) is 78.8. The van der Waals surface area contributed by atoms with Crippen molar-refractivity contribution in [1.82, 2.24) is 14.7 Å². The Bertz CT molecular complexity index is 1050. The van der Waals surface area contributed by atoms with Crippen molar-refractivity contribution in [3.05, 3.63) is 36.5 Å². The highest BCUT2D eigenvalue weighted by atomic mass is 16.2. The van der Waals surface area contributed by atoms with Gasteiger partial charge >= 0.3 is 0 Å². The molecule has 3 aliphatic heterocycles. The molecule has 1 saturated carbocycles. The third-order valence-corrected chi connectivity index (χ3v) is 8.85. The molecule has 4 aliphatic rings. The highest BCUT2D eigenvalue weighted by molar-refractivity contribution is 6.14. The number of hydrogen-bond donors (Lipinski definition) is 0. The van der Waals surface area contributed by atoms with Crippen LogP contribution in [0.3, 0.4) is 0 Å². The van der Waals surface area contributed by atoms with Crippen LogP contribution in [0, 0.1) is 0 Å². The van der Waals surface area contributed by atoms with E-state index in [1.54, 1.807) is 0 Å². The predicted octanol–water partition coefficient (Wildman–Crippen LogP) is 4.51. The van der Waals surface area contributed by atoms with Crippen molar-refractivity contribution >= 4 is 35.4 Å². The van der Waals surface area contributed by atoms with Gasteiger partial charge in [0.15, 0.2) is 0 Å². The summed E-state index contributed by atoms with van der Waals surface area (Å²) >= 11 is 0. The Morgan fingerprint density at radius 2 is 0.512 bits per heavy atom. The Morgan fingerprint density at radius 1 is 0.317 bits per heavy atom. The van der Waals surface area contributed by atoms with Crippen molar-refractivity contribution in [2.75, 3.05) is 0 Å². The van der Waals surface area contributed by atoms with Gasteiger partial charge in [-0.05, 0) is 44.9 Å². The number of rotatable bonds is 3. The fourth-order valence-corrected chi connectivity index (χ4v) is 6.69. The molecule has 0 saturated heterocycles. The number of hydrogen-bond acceptors (Lipinski definition) is 6. The number of carbonyl (C=O) groups is 6. The van der Waals surface area contributed by atoms with Crippen molar-refractivity contribution in [1.29, 1.82) is 0 Å². The molecule has 3 heterocycles. The zero-order chi connectivity index (χ0) is 29.2. The van der Waals surface area contributed by atoms with Crippen LogP contribution in [-0.4, -0.2) is 68.3 Å². The largest absolute Gasteiger partial charge is 0.272 e. The van der Waals surface area contributed by atoms with Gasteiger partial charge in [-0.2, -0.15) is 0 Å². The fourth-order valence-electron chi connectivity index (χ4n) is 6.69. The Balaban J connectivity index is 1.40. The summed E-state index contributed by atoms with van der Waals surface area (Å²) in [5.74, 6) is -1.52. The molecule has 1 fully saturated rings. The van der Waals surface area contributed by atoms with Crippen molar-refractivity contribution < 1.29 is 28.8 Å². The Morgan fingerprint density at radius 3 is 0.756 bits per heavy atom. The quantitative estimate of drug-likeness (QED) is 0.466. The first-order chi connectivity index (χ1) is 19.9. The zero-order valence-corrected chi connectivity index (χ0v) is 24.0. The molecule has 6 amide bonds. The molecular weight excluding hydrogens is 522 g/mol. The summed E-state index contributed by atoms with van der Waals surface area (Å²) in [6.07, 6.45) is 22.7. The lowest BCUT2D eigenvalue weighted by atomic mass is 9.94. The average Bonchev–Trinajstić information content (AvgIpc) is 3.58. The van der Waals surface area contributed by atoms with E-state index in [-0.39, 0.29) is 53.6 Å². The lowest BCUT2D eigenvalue weighted by Crippen LogP contribution is -2.41. The molecule has 0 aromatic carbocycles. The summed E-state index contributed by atoms with van der Waals surface area (Å²) in [5.41, 5.74) is 0. The van der Waals surface area contributed by atoms with Crippen molar-refractivity contribution in [2.24, 2.45) is 0 Å². The van der Waals surface area contributed by atoms with Crippen molar-refractivity contribution in [2.45, 2.75) is 127 Å². The number of carbonyl (C=O) groups excluding carboxylic acids is 6. The van der Waals surface area contributed by atoms with Crippen LogP contribution in [0.4, 0.5) is 0 Å². The number of amides is 6. The van der Waals surface area contributed by atoms with Crippen LogP contribution < -0.4 is 0 Å². The van der Waals surface area contributed by atoms with E-state index in [1.807, 2.05) is 0 Å². The van der Waals surface area contributed by atoms with Gasteiger partial charge < -0.3 is 0 Å². The molecule has 3 unspecified atom stereocenters. The number of imide groups is 3. The molecule has 41 heavy (non-hydrogen) atoms. The normalized spacial score (nSPS) is 28.4. The third kappa shape index (κ3) is 8.11. The van der Waals surface area contributed by atoms with E-state index >= 15 is 0 Å². The molecule has 9 heteroatoms. The van der Waals surface area contributed by atoms with Gasteiger partial charge in [-0.3, -0.25) is 43.5 Å². The highest BCUT2D eigenvalue weighted by Gasteiger charge is 2.34. The topological polar surface area (TPSA) is 112 Å². The first-order valence-corrected chi connectivity index (χ1v) is 15.5. The van der Waals surface area contributed by atoms with E-state index < -0.39 is 0 Å². The molecule has 0 spiro atoms. The van der Waals surface area contributed by atoms with Gasteiger partial charge in [0.25, 0.3) is 35.4 Å². The maximum absolute atomic E-state index is 12.5. The summed E-state index contributed by atoms with van der Waals surface area (Å²) in [6, 6.07) is -0.499. The van der Waals surface area contributed by atoms with Gasteiger partial charge in [0.2, 0.25) is 0 Å². The van der Waals surface area contributed by atoms with E-state index in [0.29, 0.717) is 25.7 Å². The second kappa shape index (κ2) is 15.0. The van der Waals surface area contributed by atoms with Gasteiger partial charge in [0.05, 0.1) is 0 Å². The van der Waals surface area contributed by atoms with Crippen LogP contribution in [-0.2, 0) is 28.8 Å². The van der Waals surface area contributed by atoms with Gasteiger partial charge in [0, 0.05) is 54.6 Å². The molecular formula is C32H43N3O6. The van der Waals surface area contributed by atoms with Crippen LogP contribution in [0.25, 0.3) is 0 Å². The predicted molar refractivity (Wildman–Crippen MR) is 153 cm³/mol. The zero-order valence-electron chi connectivity index (χ0n) is 24.0. The summed E-state index contributed by atoms with van der Waals surface area (Å²) in [5, 5.41) is 0. The molecule has 0 N–H and O–H groups in total. The van der Waals surface area contributed by atoms with E-state index in [1.165, 1.54) is 51.2 Å². The molecule has 0 aromatic rings. The summed E-state index contributed by atoms with van der Waals surface area (Å²) < 4.78 is 0. The molecule has 3 atom stereocenters. The molecule has 4 rings (SSSR count). The molecule has 1 aliphatic carbocycles. The van der Waals surface area contributed by atoms with Crippen LogP contribution in [0.5, 0.6) is 0 Å². The lowest BCUT2D eigenvalue weighted by Gasteiger charge is -2.29. The van der Waals surface area contributed by atoms with Crippen molar-refractivity contribution in [3.8, 4) is 0 Å². The highest BCUT2D eigenvalue weighted by Crippen LogP contribution is 2.26. The van der Waals surface area contributed by atoms with Gasteiger partial charge in [-0.15, -0.1) is 0 Å². The molecule has 0 bridgehead atoms. The van der Waals surface area contributed by atoms with E-state index in [9.17, 15) is 28.8 Å². The van der Waals surface area contributed by atoms with Gasteiger partial charge in [-0.1, -0.05) is 64.2 Å². The molecule has 9 nitrogen and oxygen atoms in total. The number of nitrogens with zero attached hydrogens (tertiary/aromatic N) is 3. The second-order valence-corrected chi connectivity index (χ2v) is 11.7. The SMILES string of the molecule is O=C1C=CC(=O)N1C1CCCCCCCCC(N2C(=O)C=CC2=O)CCCC(N2C(=O)C=CC2=O)CCCCCC1. The Hall–Kier alpha value is -3.36. The summed E-state index contributed by atoms with van der Waals surface area (Å²) in [6.45, 7) is 0. The Labute approximate surface area is 242 Å². The first-order valence-electron chi connectivity index (χ1n) is 15.5.